The Morgan fingerprint density at radius 1 is 1.10 bits per heavy atom. The van der Waals surface area contributed by atoms with Gasteiger partial charge in [-0.3, -0.25) is 19.1 Å². The number of nitrogens with one attached hydrogen (secondary N) is 1. The van der Waals surface area contributed by atoms with Crippen LogP contribution in [0.3, 0.4) is 0 Å². The highest BCUT2D eigenvalue weighted by Gasteiger charge is 2.29. The molecule has 162 valence electrons. The SMILES string of the molecule is CC(C)(C)C(CN1CCc2ccccc2C1)NC(=O)Cn1c(=O)cnc2ccccc21. The first-order chi connectivity index (χ1) is 14.8. The molecular weight excluding hydrogens is 388 g/mol. The average molecular weight is 419 g/mol. The molecule has 1 N–H and O–H groups in total. The first kappa shape index (κ1) is 21.2. The minimum atomic E-state index is -0.270. The second kappa shape index (κ2) is 8.63. The van der Waals surface area contributed by atoms with Gasteiger partial charge in [0.15, 0.2) is 0 Å². The molecule has 1 amide bonds. The van der Waals surface area contributed by atoms with Crippen molar-refractivity contribution < 1.29 is 4.79 Å². The third-order valence-corrected chi connectivity index (χ3v) is 6.09. The van der Waals surface area contributed by atoms with Crippen molar-refractivity contribution in [3.63, 3.8) is 0 Å². The maximum absolute atomic E-state index is 13.0. The lowest BCUT2D eigenvalue weighted by molar-refractivity contribution is -0.123. The average Bonchev–Trinajstić information content (AvgIpc) is 2.74. The third kappa shape index (κ3) is 4.85. The Morgan fingerprint density at radius 2 is 1.81 bits per heavy atom. The molecule has 2 aromatic carbocycles. The summed E-state index contributed by atoms with van der Waals surface area (Å²) in [6.45, 7) is 9.06. The van der Waals surface area contributed by atoms with Crippen LogP contribution in [0.5, 0.6) is 0 Å². The molecule has 1 aliphatic heterocycles. The lowest BCUT2D eigenvalue weighted by atomic mass is 9.85. The van der Waals surface area contributed by atoms with E-state index in [1.165, 1.54) is 21.9 Å². The van der Waals surface area contributed by atoms with E-state index in [4.69, 9.17) is 0 Å². The number of carbonyl (C=O) groups excluding carboxylic acids is 1. The maximum atomic E-state index is 13.0. The largest absolute Gasteiger partial charge is 0.350 e. The van der Waals surface area contributed by atoms with E-state index in [1.54, 1.807) is 0 Å². The summed E-state index contributed by atoms with van der Waals surface area (Å²) >= 11 is 0. The molecule has 0 radical (unpaired) electrons. The fourth-order valence-electron chi connectivity index (χ4n) is 4.17. The van der Waals surface area contributed by atoms with E-state index in [1.807, 2.05) is 24.3 Å². The summed E-state index contributed by atoms with van der Waals surface area (Å²) < 4.78 is 1.49. The Balaban J connectivity index is 1.48. The van der Waals surface area contributed by atoms with Crippen LogP contribution in [0.15, 0.2) is 59.5 Å². The Labute approximate surface area is 182 Å². The van der Waals surface area contributed by atoms with E-state index in [2.05, 4.69) is 60.2 Å². The number of hydrogen-bond acceptors (Lipinski definition) is 4. The molecular formula is C25H30N4O2. The van der Waals surface area contributed by atoms with Crippen LogP contribution >= 0.6 is 0 Å². The van der Waals surface area contributed by atoms with E-state index < -0.39 is 0 Å². The monoisotopic (exact) mass is 418 g/mol. The smallest absolute Gasteiger partial charge is 0.269 e. The molecule has 0 saturated carbocycles. The number of benzene rings is 2. The van der Waals surface area contributed by atoms with Gasteiger partial charge in [0.25, 0.3) is 5.56 Å². The van der Waals surface area contributed by atoms with Crippen LogP contribution in [0.4, 0.5) is 0 Å². The van der Waals surface area contributed by atoms with E-state index in [0.717, 1.165) is 26.1 Å². The van der Waals surface area contributed by atoms with Gasteiger partial charge in [0.2, 0.25) is 5.91 Å². The molecule has 1 aromatic heterocycles. The number of rotatable bonds is 5. The molecule has 31 heavy (non-hydrogen) atoms. The number of aromatic nitrogens is 2. The summed E-state index contributed by atoms with van der Waals surface area (Å²) in [5.41, 5.74) is 3.77. The van der Waals surface area contributed by atoms with Crippen LogP contribution < -0.4 is 10.9 Å². The van der Waals surface area contributed by atoms with Crippen molar-refractivity contribution in [1.82, 2.24) is 19.8 Å². The van der Waals surface area contributed by atoms with E-state index in [0.29, 0.717) is 11.0 Å². The first-order valence-electron chi connectivity index (χ1n) is 10.8. The van der Waals surface area contributed by atoms with Crippen LogP contribution in [0.2, 0.25) is 0 Å². The number of fused-ring (bicyclic) bond motifs is 2. The number of hydrogen-bond donors (Lipinski definition) is 1. The van der Waals surface area contributed by atoms with Crippen LogP contribution in [0.25, 0.3) is 11.0 Å². The van der Waals surface area contributed by atoms with Crippen LogP contribution in [-0.4, -0.2) is 39.5 Å². The van der Waals surface area contributed by atoms with Crippen molar-refractivity contribution >= 4 is 16.9 Å². The van der Waals surface area contributed by atoms with Crippen LogP contribution in [0, 0.1) is 5.41 Å². The standard InChI is InChI=1S/C25H30N4O2/c1-25(2,3)22(16-28-13-12-18-8-4-5-9-19(18)15-28)27-23(30)17-29-21-11-7-6-10-20(21)26-14-24(29)31/h4-11,14,22H,12-13,15-17H2,1-3H3,(H,27,30). The Hall–Kier alpha value is -2.99. The van der Waals surface area contributed by atoms with Gasteiger partial charge in [-0.25, -0.2) is 4.98 Å². The molecule has 0 bridgehead atoms. The summed E-state index contributed by atoms with van der Waals surface area (Å²) in [7, 11) is 0. The van der Waals surface area contributed by atoms with Crippen LogP contribution in [0.1, 0.15) is 31.9 Å². The van der Waals surface area contributed by atoms with E-state index in [9.17, 15) is 9.59 Å². The highest BCUT2D eigenvalue weighted by atomic mass is 16.2. The second-order valence-corrected chi connectivity index (χ2v) is 9.41. The Bertz CT molecular complexity index is 1150. The van der Waals surface area contributed by atoms with Gasteiger partial charge in [-0.15, -0.1) is 0 Å². The molecule has 4 rings (SSSR count). The lowest BCUT2D eigenvalue weighted by Crippen LogP contribution is -2.52. The predicted molar refractivity (Wildman–Crippen MR) is 123 cm³/mol. The second-order valence-electron chi connectivity index (χ2n) is 9.41. The predicted octanol–water partition coefficient (Wildman–Crippen LogP) is 2.99. The van der Waals surface area contributed by atoms with Crippen molar-refractivity contribution in [2.24, 2.45) is 5.41 Å². The molecule has 0 saturated heterocycles. The van der Waals surface area contributed by atoms with Gasteiger partial charge in [0.05, 0.1) is 17.2 Å². The summed E-state index contributed by atoms with van der Waals surface area (Å²) in [4.78, 5) is 32.0. The quantitative estimate of drug-likeness (QED) is 0.692. The molecule has 3 aromatic rings. The number of nitrogens with zero attached hydrogens (tertiary/aromatic N) is 3. The molecule has 0 aliphatic carbocycles. The molecule has 6 heteroatoms. The van der Waals surface area contributed by atoms with Crippen molar-refractivity contribution in [2.45, 2.75) is 46.3 Å². The van der Waals surface area contributed by atoms with Gasteiger partial charge in [-0.1, -0.05) is 57.2 Å². The number of carbonyl (C=O) groups is 1. The molecule has 1 aliphatic rings. The minimum Gasteiger partial charge on any atom is -0.350 e. The topological polar surface area (TPSA) is 67.2 Å². The normalized spacial score (nSPS) is 15.5. The van der Waals surface area contributed by atoms with Crippen molar-refractivity contribution in [2.75, 3.05) is 13.1 Å². The van der Waals surface area contributed by atoms with E-state index >= 15 is 0 Å². The summed E-state index contributed by atoms with van der Waals surface area (Å²) in [5, 5.41) is 3.21. The summed E-state index contributed by atoms with van der Waals surface area (Å²) in [6, 6.07) is 15.9. The van der Waals surface area contributed by atoms with Gasteiger partial charge in [0, 0.05) is 25.7 Å². The van der Waals surface area contributed by atoms with Crippen molar-refractivity contribution in [1.29, 1.82) is 0 Å². The first-order valence-corrected chi connectivity index (χ1v) is 10.8. The highest BCUT2D eigenvalue weighted by Crippen LogP contribution is 2.24. The molecule has 1 atom stereocenters. The van der Waals surface area contributed by atoms with Gasteiger partial charge in [0.1, 0.15) is 6.54 Å². The molecule has 0 fully saturated rings. The van der Waals surface area contributed by atoms with Gasteiger partial charge < -0.3 is 5.32 Å². The van der Waals surface area contributed by atoms with Crippen molar-refractivity contribution in [3.8, 4) is 0 Å². The lowest BCUT2D eigenvalue weighted by Gasteiger charge is -2.38. The number of para-hydroxylation sites is 2. The zero-order valence-electron chi connectivity index (χ0n) is 18.5. The van der Waals surface area contributed by atoms with Gasteiger partial charge in [-0.2, -0.15) is 0 Å². The summed E-state index contributed by atoms with van der Waals surface area (Å²) in [5.74, 6) is -0.157. The fraction of sp³-hybridized carbons (Fsp3) is 0.400. The Morgan fingerprint density at radius 3 is 2.58 bits per heavy atom. The molecule has 2 heterocycles. The molecule has 6 nitrogen and oxygen atoms in total. The van der Waals surface area contributed by atoms with Gasteiger partial charge >= 0.3 is 0 Å². The van der Waals surface area contributed by atoms with Gasteiger partial charge in [-0.05, 0) is 35.1 Å². The fourth-order valence-corrected chi connectivity index (χ4v) is 4.17. The maximum Gasteiger partial charge on any atom is 0.269 e. The number of amides is 1. The van der Waals surface area contributed by atoms with Crippen molar-refractivity contribution in [3.05, 3.63) is 76.2 Å². The van der Waals surface area contributed by atoms with E-state index in [-0.39, 0.29) is 29.5 Å². The molecule has 0 spiro atoms. The summed E-state index contributed by atoms with van der Waals surface area (Å²) in [6.07, 6.45) is 2.31. The zero-order chi connectivity index (χ0) is 22.0. The Kier molecular flexibility index (Phi) is 5.92. The highest BCUT2D eigenvalue weighted by molar-refractivity contribution is 5.80. The minimum absolute atomic E-state index is 0.0166. The zero-order valence-corrected chi connectivity index (χ0v) is 18.5. The third-order valence-electron chi connectivity index (χ3n) is 6.09. The molecule has 1 unspecified atom stereocenters. The van der Waals surface area contributed by atoms with Crippen LogP contribution in [-0.2, 0) is 24.3 Å².